The van der Waals surface area contributed by atoms with Crippen molar-refractivity contribution < 1.29 is 17.5 Å². The lowest BCUT2D eigenvalue weighted by molar-refractivity contribution is 0.0899. The fraction of sp³-hybridized carbons (Fsp3) is 0.500. The first kappa shape index (κ1) is 15.1. The monoisotopic (exact) mass is 275 g/mol. The van der Waals surface area contributed by atoms with Gasteiger partial charge < -0.3 is 4.74 Å². The molecule has 0 saturated heterocycles. The van der Waals surface area contributed by atoms with Gasteiger partial charge in [0.15, 0.2) is 0 Å². The Balaban J connectivity index is 2.43. The Bertz CT molecular complexity index is 476. The highest BCUT2D eigenvalue weighted by Crippen LogP contribution is 2.10. The second-order valence-corrected chi connectivity index (χ2v) is 5.87. The molecule has 0 aromatic heterocycles. The van der Waals surface area contributed by atoms with Gasteiger partial charge in [-0.2, -0.15) is 0 Å². The average Bonchev–Trinajstić information content (AvgIpc) is 2.28. The summed E-state index contributed by atoms with van der Waals surface area (Å²) in [5, 5.41) is 4.98. The van der Waals surface area contributed by atoms with Crippen LogP contribution in [0.15, 0.2) is 24.3 Å². The molecule has 0 fully saturated rings. The van der Waals surface area contributed by atoms with Crippen molar-refractivity contribution >= 4 is 10.0 Å². The van der Waals surface area contributed by atoms with Crippen molar-refractivity contribution in [2.24, 2.45) is 11.1 Å². The Kier molecular flexibility index (Phi) is 5.71. The lowest BCUT2D eigenvalue weighted by Gasteiger charge is -2.14. The molecule has 0 heterocycles. The molecule has 0 spiro atoms. The Morgan fingerprint density at radius 2 is 2.06 bits per heavy atom. The highest BCUT2D eigenvalue weighted by Gasteiger charge is 2.14. The molecule has 1 rings (SSSR count). The zero-order valence-electron chi connectivity index (χ0n) is 10.3. The molecule has 0 amide bonds. The molecule has 0 aliphatic rings. The van der Waals surface area contributed by atoms with Crippen LogP contribution in [0.25, 0.3) is 0 Å². The molecule has 1 aromatic rings. The standard InChI is InChI=1S/C12H18FNO3S/c1-2-10(9-18(14,15)16)7-17-8-11-5-3-4-6-12(11)13/h3-6,10H,2,7-9H2,1H3,(H2,14,15,16). The summed E-state index contributed by atoms with van der Waals surface area (Å²) in [5.74, 6) is -0.593. The van der Waals surface area contributed by atoms with Crippen LogP contribution < -0.4 is 5.14 Å². The Morgan fingerprint density at radius 3 is 2.61 bits per heavy atom. The van der Waals surface area contributed by atoms with E-state index in [4.69, 9.17) is 9.88 Å². The van der Waals surface area contributed by atoms with Crippen LogP contribution in [0.4, 0.5) is 4.39 Å². The molecular formula is C12H18FNO3S. The molecular weight excluding hydrogens is 257 g/mol. The first-order chi connectivity index (χ1) is 8.42. The molecule has 2 N–H and O–H groups in total. The number of hydrogen-bond donors (Lipinski definition) is 1. The molecule has 0 bridgehead atoms. The minimum Gasteiger partial charge on any atom is -0.376 e. The van der Waals surface area contributed by atoms with Gasteiger partial charge in [-0.15, -0.1) is 0 Å². The fourth-order valence-corrected chi connectivity index (χ4v) is 2.55. The zero-order chi connectivity index (χ0) is 13.6. The number of nitrogens with two attached hydrogens (primary N) is 1. The molecule has 102 valence electrons. The first-order valence-electron chi connectivity index (χ1n) is 5.74. The molecule has 4 nitrogen and oxygen atoms in total. The molecule has 0 saturated carbocycles. The minimum absolute atomic E-state index is 0.110. The van der Waals surface area contributed by atoms with E-state index in [1.165, 1.54) is 6.07 Å². The predicted octanol–water partition coefficient (Wildman–Crippen LogP) is 1.66. The summed E-state index contributed by atoms with van der Waals surface area (Å²) in [5.41, 5.74) is 0.461. The Labute approximate surface area is 107 Å². The summed E-state index contributed by atoms with van der Waals surface area (Å²) in [6.45, 7) is 2.25. The lowest BCUT2D eigenvalue weighted by atomic mass is 10.1. The highest BCUT2D eigenvalue weighted by atomic mass is 32.2. The van der Waals surface area contributed by atoms with Gasteiger partial charge in [-0.3, -0.25) is 0 Å². The maximum atomic E-state index is 13.3. The summed E-state index contributed by atoms with van der Waals surface area (Å²) in [6.07, 6.45) is 0.647. The van der Waals surface area contributed by atoms with E-state index < -0.39 is 10.0 Å². The summed E-state index contributed by atoms with van der Waals surface area (Å²) in [4.78, 5) is 0. The van der Waals surface area contributed by atoms with Crippen LogP contribution in [-0.2, 0) is 21.4 Å². The zero-order valence-corrected chi connectivity index (χ0v) is 11.1. The van der Waals surface area contributed by atoms with Crippen molar-refractivity contribution in [3.05, 3.63) is 35.6 Å². The molecule has 0 aliphatic heterocycles. The van der Waals surface area contributed by atoms with Gasteiger partial charge in [0.05, 0.1) is 19.0 Å². The van der Waals surface area contributed by atoms with Crippen LogP contribution in [0, 0.1) is 11.7 Å². The summed E-state index contributed by atoms with van der Waals surface area (Å²) in [6, 6.07) is 6.33. The predicted molar refractivity (Wildman–Crippen MR) is 67.8 cm³/mol. The van der Waals surface area contributed by atoms with Gasteiger partial charge in [0.2, 0.25) is 10.0 Å². The van der Waals surface area contributed by atoms with Gasteiger partial charge in [0.1, 0.15) is 5.82 Å². The normalized spacial score (nSPS) is 13.5. The topological polar surface area (TPSA) is 69.4 Å². The van der Waals surface area contributed by atoms with Crippen molar-refractivity contribution in [3.63, 3.8) is 0 Å². The quantitative estimate of drug-likeness (QED) is 0.822. The Morgan fingerprint density at radius 1 is 1.39 bits per heavy atom. The smallest absolute Gasteiger partial charge is 0.209 e. The molecule has 18 heavy (non-hydrogen) atoms. The largest absolute Gasteiger partial charge is 0.376 e. The Hall–Kier alpha value is -0.980. The molecule has 0 radical (unpaired) electrons. The van der Waals surface area contributed by atoms with Crippen molar-refractivity contribution in [2.45, 2.75) is 20.0 Å². The number of sulfonamides is 1. The number of rotatable bonds is 7. The molecule has 6 heteroatoms. The maximum Gasteiger partial charge on any atom is 0.209 e. The summed E-state index contributed by atoms with van der Waals surface area (Å²) in [7, 11) is -3.49. The third kappa shape index (κ3) is 5.57. The van der Waals surface area contributed by atoms with Gasteiger partial charge in [0.25, 0.3) is 0 Å². The van der Waals surface area contributed by atoms with E-state index in [0.29, 0.717) is 12.0 Å². The van der Waals surface area contributed by atoms with E-state index in [-0.39, 0.29) is 30.7 Å². The number of halogens is 1. The second kappa shape index (κ2) is 6.82. The van der Waals surface area contributed by atoms with Crippen molar-refractivity contribution in [3.8, 4) is 0 Å². The van der Waals surface area contributed by atoms with Gasteiger partial charge in [-0.1, -0.05) is 31.5 Å². The summed E-state index contributed by atoms with van der Waals surface area (Å²) >= 11 is 0. The third-order valence-corrected chi connectivity index (χ3v) is 3.55. The molecule has 1 atom stereocenters. The van der Waals surface area contributed by atoms with Crippen LogP contribution in [0.1, 0.15) is 18.9 Å². The first-order valence-corrected chi connectivity index (χ1v) is 7.45. The van der Waals surface area contributed by atoms with E-state index in [1.54, 1.807) is 18.2 Å². The number of benzene rings is 1. The van der Waals surface area contributed by atoms with E-state index in [0.717, 1.165) is 0 Å². The van der Waals surface area contributed by atoms with Crippen LogP contribution in [0.2, 0.25) is 0 Å². The molecule has 0 aliphatic carbocycles. The van der Waals surface area contributed by atoms with Crippen LogP contribution in [0.3, 0.4) is 0 Å². The number of hydrogen-bond acceptors (Lipinski definition) is 3. The fourth-order valence-electron chi connectivity index (χ4n) is 1.56. The highest BCUT2D eigenvalue weighted by molar-refractivity contribution is 7.89. The van der Waals surface area contributed by atoms with Crippen LogP contribution >= 0.6 is 0 Å². The number of primary sulfonamides is 1. The van der Waals surface area contributed by atoms with Gasteiger partial charge in [-0.25, -0.2) is 17.9 Å². The van der Waals surface area contributed by atoms with E-state index >= 15 is 0 Å². The maximum absolute atomic E-state index is 13.3. The van der Waals surface area contributed by atoms with Gasteiger partial charge >= 0.3 is 0 Å². The van der Waals surface area contributed by atoms with Crippen LogP contribution in [0.5, 0.6) is 0 Å². The summed E-state index contributed by atoms with van der Waals surface area (Å²) < 4.78 is 40.5. The van der Waals surface area contributed by atoms with E-state index in [1.807, 2.05) is 6.92 Å². The van der Waals surface area contributed by atoms with Crippen molar-refractivity contribution in [2.75, 3.05) is 12.4 Å². The molecule has 1 aromatic carbocycles. The van der Waals surface area contributed by atoms with Crippen molar-refractivity contribution in [1.82, 2.24) is 0 Å². The number of ether oxygens (including phenoxy) is 1. The minimum atomic E-state index is -3.49. The van der Waals surface area contributed by atoms with E-state index in [2.05, 4.69) is 0 Å². The van der Waals surface area contributed by atoms with Gasteiger partial charge in [0, 0.05) is 5.56 Å². The molecule has 1 unspecified atom stereocenters. The van der Waals surface area contributed by atoms with E-state index in [9.17, 15) is 12.8 Å². The average molecular weight is 275 g/mol. The SMILES string of the molecule is CCC(COCc1ccccc1F)CS(N)(=O)=O. The van der Waals surface area contributed by atoms with Crippen LogP contribution in [-0.4, -0.2) is 20.8 Å². The second-order valence-electron chi connectivity index (χ2n) is 4.21. The lowest BCUT2D eigenvalue weighted by Crippen LogP contribution is -2.25. The van der Waals surface area contributed by atoms with Gasteiger partial charge in [-0.05, 0) is 12.0 Å². The van der Waals surface area contributed by atoms with Crippen molar-refractivity contribution in [1.29, 1.82) is 0 Å². The third-order valence-electron chi connectivity index (χ3n) is 2.61.